The van der Waals surface area contributed by atoms with Gasteiger partial charge in [0.15, 0.2) is 0 Å². The second-order valence-electron chi connectivity index (χ2n) is 8.22. The minimum absolute atomic E-state index is 0.0571. The average molecular weight is 499 g/mol. The van der Waals surface area contributed by atoms with Gasteiger partial charge in [0.1, 0.15) is 11.9 Å². The highest BCUT2D eigenvalue weighted by Gasteiger charge is 2.40. The number of anilines is 2. The van der Waals surface area contributed by atoms with Crippen LogP contribution in [0.5, 0.6) is 0 Å². The summed E-state index contributed by atoms with van der Waals surface area (Å²) in [5, 5.41) is 5.83. The van der Waals surface area contributed by atoms with Crippen molar-refractivity contribution in [3.8, 4) is 5.69 Å². The fraction of sp³-hybridized carbons (Fsp3) is 0.240. The fourth-order valence-corrected chi connectivity index (χ4v) is 4.07. The second-order valence-corrected chi connectivity index (χ2v) is 8.65. The van der Waals surface area contributed by atoms with Crippen LogP contribution in [0.1, 0.15) is 12.0 Å². The van der Waals surface area contributed by atoms with Gasteiger partial charge in [0, 0.05) is 48.6 Å². The van der Waals surface area contributed by atoms with E-state index < -0.39 is 23.8 Å². The molecule has 182 valence electrons. The van der Waals surface area contributed by atoms with Crippen molar-refractivity contribution in [1.82, 2.24) is 9.47 Å². The number of ether oxygens (including phenoxy) is 1. The molecule has 2 N–H and O–H groups in total. The summed E-state index contributed by atoms with van der Waals surface area (Å²) in [4.78, 5) is 39.7. The Morgan fingerprint density at radius 2 is 1.86 bits per heavy atom. The van der Waals surface area contributed by atoms with E-state index in [1.54, 1.807) is 49.5 Å². The summed E-state index contributed by atoms with van der Waals surface area (Å²) in [5.41, 5.74) is 1.06. The zero-order chi connectivity index (χ0) is 25.1. The Morgan fingerprint density at radius 1 is 1.11 bits per heavy atom. The number of hydrogen-bond donors (Lipinski definition) is 2. The summed E-state index contributed by atoms with van der Waals surface area (Å²) in [6.07, 6.45) is 1.46. The Bertz CT molecular complexity index is 1310. The predicted molar refractivity (Wildman–Crippen MR) is 132 cm³/mol. The minimum Gasteiger partial charge on any atom is -0.380 e. The van der Waals surface area contributed by atoms with E-state index >= 15 is 0 Å². The summed E-state index contributed by atoms with van der Waals surface area (Å²) in [6, 6.07) is 12.7. The van der Waals surface area contributed by atoms with Gasteiger partial charge in [0.25, 0.3) is 5.56 Å². The second kappa shape index (κ2) is 10.3. The number of aromatic nitrogens is 1. The van der Waals surface area contributed by atoms with Gasteiger partial charge in [-0.3, -0.25) is 14.2 Å². The number of amides is 3. The average Bonchev–Trinajstić information content (AvgIpc) is 3.29. The number of nitrogens with zero attached hydrogens (tertiary/aromatic N) is 2. The van der Waals surface area contributed by atoms with Crippen LogP contribution in [0, 0.1) is 12.7 Å². The number of urea groups is 1. The van der Waals surface area contributed by atoms with Gasteiger partial charge < -0.3 is 20.3 Å². The van der Waals surface area contributed by atoms with Crippen LogP contribution in [0.15, 0.2) is 65.6 Å². The highest BCUT2D eigenvalue weighted by molar-refractivity contribution is 6.30. The van der Waals surface area contributed by atoms with Crippen LogP contribution in [0.4, 0.5) is 20.6 Å². The van der Waals surface area contributed by atoms with Gasteiger partial charge in [0.05, 0.1) is 17.5 Å². The van der Waals surface area contributed by atoms with Crippen LogP contribution in [-0.2, 0) is 9.53 Å². The van der Waals surface area contributed by atoms with Crippen molar-refractivity contribution >= 4 is 34.9 Å². The Hall–Kier alpha value is -3.69. The van der Waals surface area contributed by atoms with Gasteiger partial charge in [-0.2, -0.15) is 0 Å². The molecule has 0 bridgehead atoms. The summed E-state index contributed by atoms with van der Waals surface area (Å²) in [7, 11) is 1.51. The van der Waals surface area contributed by atoms with Crippen LogP contribution in [-0.4, -0.2) is 47.2 Å². The lowest BCUT2D eigenvalue weighted by molar-refractivity contribution is -0.119. The van der Waals surface area contributed by atoms with Crippen molar-refractivity contribution in [1.29, 1.82) is 0 Å². The molecule has 2 aromatic carbocycles. The lowest BCUT2D eigenvalue weighted by atomic mass is 10.1. The molecule has 3 amide bonds. The Morgan fingerprint density at radius 3 is 2.54 bits per heavy atom. The number of likely N-dealkylation sites (tertiary alicyclic amines) is 1. The predicted octanol–water partition coefficient (Wildman–Crippen LogP) is 4.20. The number of hydrogen-bond acceptors (Lipinski definition) is 4. The van der Waals surface area contributed by atoms with Gasteiger partial charge in [0.2, 0.25) is 5.91 Å². The first-order valence-electron chi connectivity index (χ1n) is 10.9. The van der Waals surface area contributed by atoms with Crippen LogP contribution >= 0.6 is 11.6 Å². The van der Waals surface area contributed by atoms with Gasteiger partial charge in [-0.15, -0.1) is 0 Å². The molecule has 0 spiro atoms. The van der Waals surface area contributed by atoms with Crippen molar-refractivity contribution in [2.24, 2.45) is 0 Å². The van der Waals surface area contributed by atoms with Gasteiger partial charge in [-0.1, -0.05) is 17.7 Å². The number of carbonyl (C=O) groups excluding carboxylic acids is 2. The van der Waals surface area contributed by atoms with Gasteiger partial charge in [-0.25, -0.2) is 9.18 Å². The molecule has 35 heavy (non-hydrogen) atoms. The fourth-order valence-electron chi connectivity index (χ4n) is 3.95. The van der Waals surface area contributed by atoms with Crippen molar-refractivity contribution in [3.05, 3.63) is 87.6 Å². The van der Waals surface area contributed by atoms with E-state index in [-0.39, 0.29) is 30.3 Å². The number of aryl methyl sites for hydroxylation is 1. The van der Waals surface area contributed by atoms with E-state index in [4.69, 9.17) is 16.3 Å². The van der Waals surface area contributed by atoms with E-state index in [0.29, 0.717) is 22.0 Å². The van der Waals surface area contributed by atoms with Crippen molar-refractivity contribution in [2.75, 3.05) is 24.3 Å². The molecule has 2 atom stereocenters. The van der Waals surface area contributed by atoms with E-state index in [1.165, 1.54) is 34.8 Å². The summed E-state index contributed by atoms with van der Waals surface area (Å²) < 4.78 is 21.6. The molecule has 0 radical (unpaired) electrons. The van der Waals surface area contributed by atoms with Crippen molar-refractivity contribution < 1.29 is 18.7 Å². The van der Waals surface area contributed by atoms with Crippen molar-refractivity contribution in [2.45, 2.75) is 25.5 Å². The maximum atomic E-state index is 14.9. The molecule has 1 aliphatic heterocycles. The molecule has 1 aliphatic rings. The highest BCUT2D eigenvalue weighted by atomic mass is 35.5. The first-order valence-corrected chi connectivity index (χ1v) is 11.3. The molecular formula is C25H24ClFN4O4. The first kappa shape index (κ1) is 24.4. The maximum Gasteiger partial charge on any atom is 0.322 e. The van der Waals surface area contributed by atoms with E-state index in [2.05, 4.69) is 10.6 Å². The van der Waals surface area contributed by atoms with Crippen molar-refractivity contribution in [3.63, 3.8) is 0 Å². The largest absolute Gasteiger partial charge is 0.380 e. The zero-order valence-corrected chi connectivity index (χ0v) is 19.9. The molecular weight excluding hydrogens is 475 g/mol. The Balaban J connectivity index is 1.51. The van der Waals surface area contributed by atoms with Crippen LogP contribution in [0.3, 0.4) is 0 Å². The third kappa shape index (κ3) is 5.36. The van der Waals surface area contributed by atoms with E-state index in [1.807, 2.05) is 0 Å². The molecule has 2 heterocycles. The van der Waals surface area contributed by atoms with E-state index in [0.717, 1.165) is 0 Å². The lowest BCUT2D eigenvalue weighted by Crippen LogP contribution is -2.45. The number of methoxy groups -OCH3 is 1. The number of carbonyl (C=O) groups is 2. The first-order chi connectivity index (χ1) is 16.8. The normalized spacial score (nSPS) is 17.3. The van der Waals surface area contributed by atoms with E-state index in [9.17, 15) is 18.8 Å². The molecule has 3 aromatic rings. The molecule has 1 saturated heterocycles. The molecule has 1 fully saturated rings. The van der Waals surface area contributed by atoms with Gasteiger partial charge >= 0.3 is 6.03 Å². The summed E-state index contributed by atoms with van der Waals surface area (Å²) >= 11 is 5.89. The summed E-state index contributed by atoms with van der Waals surface area (Å²) in [5.74, 6) is -1.25. The Kier molecular flexibility index (Phi) is 7.18. The quantitative estimate of drug-likeness (QED) is 0.551. The number of halogens is 2. The third-order valence-electron chi connectivity index (χ3n) is 5.88. The monoisotopic (exact) mass is 498 g/mol. The molecule has 0 aliphatic carbocycles. The zero-order valence-electron chi connectivity index (χ0n) is 19.1. The summed E-state index contributed by atoms with van der Waals surface area (Å²) in [6.45, 7) is 1.87. The maximum absolute atomic E-state index is 14.9. The molecule has 4 rings (SSSR count). The third-order valence-corrected chi connectivity index (χ3v) is 6.13. The van der Waals surface area contributed by atoms with Crippen LogP contribution in [0.2, 0.25) is 5.02 Å². The minimum atomic E-state index is -0.870. The molecule has 8 nitrogen and oxygen atoms in total. The number of pyridine rings is 1. The molecule has 1 aromatic heterocycles. The van der Waals surface area contributed by atoms with Crippen LogP contribution in [0.25, 0.3) is 5.69 Å². The molecule has 2 unspecified atom stereocenters. The highest BCUT2D eigenvalue weighted by Crippen LogP contribution is 2.25. The smallest absolute Gasteiger partial charge is 0.322 e. The molecule has 0 saturated carbocycles. The lowest BCUT2D eigenvalue weighted by Gasteiger charge is -2.24. The number of benzene rings is 2. The Labute approximate surface area is 206 Å². The standard InChI is InChI=1S/C25H24ClFN4O4/c1-15-4-3-11-30(24(15)33)18-9-10-21(20(27)12-18)29-23(32)22-13-19(35-2)14-31(22)25(34)28-17-7-5-16(26)6-8-17/h3-12,19,22H,13-14H2,1-2H3,(H,28,34)(H,29,32). The number of nitrogens with one attached hydrogen (secondary N) is 2. The van der Waals surface area contributed by atoms with Gasteiger partial charge in [-0.05, 0) is 49.4 Å². The molecule has 10 heteroatoms. The SMILES string of the molecule is COC1CC(C(=O)Nc2ccc(-n3cccc(C)c3=O)cc2F)N(C(=O)Nc2ccc(Cl)cc2)C1. The number of rotatable bonds is 5. The van der Waals surface area contributed by atoms with Crippen LogP contribution < -0.4 is 16.2 Å². The topological polar surface area (TPSA) is 92.7 Å².